The molecule has 0 atom stereocenters. The standard InChI is InChI=1S/C18H19NO5S/c1-3-24-15-11-9-14(10-12-15)19-13-17(18(20)23-2)25(21,22)16-7-5-4-6-8-16/h4-13,19H,3H2,1-2H3/b17-13+. The van der Waals surface area contributed by atoms with Gasteiger partial charge in [0.15, 0.2) is 4.91 Å². The lowest BCUT2D eigenvalue weighted by atomic mass is 10.3. The molecule has 0 aromatic heterocycles. The number of nitrogens with one attached hydrogen (secondary N) is 1. The van der Waals surface area contributed by atoms with Crippen molar-refractivity contribution in [2.24, 2.45) is 0 Å². The van der Waals surface area contributed by atoms with Crippen LogP contribution in [0.5, 0.6) is 5.75 Å². The zero-order chi connectivity index (χ0) is 18.3. The molecular formula is C18H19NO5S. The van der Waals surface area contributed by atoms with Gasteiger partial charge in [0, 0.05) is 11.9 Å². The summed E-state index contributed by atoms with van der Waals surface area (Å²) in [5.41, 5.74) is 0.605. The minimum Gasteiger partial charge on any atom is -0.494 e. The average molecular weight is 361 g/mol. The summed E-state index contributed by atoms with van der Waals surface area (Å²) in [7, 11) is -2.87. The maximum Gasteiger partial charge on any atom is 0.351 e. The molecule has 0 aliphatic rings. The minimum atomic E-state index is -4.00. The van der Waals surface area contributed by atoms with Crippen LogP contribution in [0.25, 0.3) is 0 Å². The summed E-state index contributed by atoms with van der Waals surface area (Å²) < 4.78 is 35.3. The molecule has 25 heavy (non-hydrogen) atoms. The zero-order valence-corrected chi connectivity index (χ0v) is 14.7. The molecule has 0 aliphatic heterocycles. The number of carbonyl (C=O) groups excluding carboxylic acids is 1. The van der Waals surface area contributed by atoms with E-state index in [9.17, 15) is 13.2 Å². The van der Waals surface area contributed by atoms with Gasteiger partial charge in [0.05, 0.1) is 18.6 Å². The van der Waals surface area contributed by atoms with Crippen LogP contribution in [0.1, 0.15) is 6.92 Å². The topological polar surface area (TPSA) is 81.7 Å². The molecular weight excluding hydrogens is 342 g/mol. The fraction of sp³-hybridized carbons (Fsp3) is 0.167. The molecule has 7 heteroatoms. The van der Waals surface area contributed by atoms with Crippen LogP contribution < -0.4 is 10.1 Å². The Morgan fingerprint density at radius 1 is 1.08 bits per heavy atom. The van der Waals surface area contributed by atoms with Gasteiger partial charge in [-0.1, -0.05) is 18.2 Å². The summed E-state index contributed by atoms with van der Waals surface area (Å²) in [5.74, 6) is -0.246. The highest BCUT2D eigenvalue weighted by Gasteiger charge is 2.27. The van der Waals surface area contributed by atoms with E-state index in [4.69, 9.17) is 4.74 Å². The number of methoxy groups -OCH3 is 1. The lowest BCUT2D eigenvalue weighted by molar-refractivity contribution is -0.135. The number of sulfone groups is 1. The highest BCUT2D eigenvalue weighted by atomic mass is 32.2. The average Bonchev–Trinajstić information content (AvgIpc) is 2.63. The quantitative estimate of drug-likeness (QED) is 0.603. The van der Waals surface area contributed by atoms with Gasteiger partial charge in [-0.2, -0.15) is 0 Å². The van der Waals surface area contributed by atoms with Gasteiger partial charge in [-0.15, -0.1) is 0 Å². The number of ether oxygens (including phenoxy) is 2. The normalized spacial score (nSPS) is 11.7. The number of rotatable bonds is 7. The molecule has 2 rings (SSSR count). The second-order valence-corrected chi connectivity index (χ2v) is 6.84. The van der Waals surface area contributed by atoms with Crippen LogP contribution in [-0.4, -0.2) is 28.1 Å². The van der Waals surface area contributed by atoms with Crippen molar-refractivity contribution in [1.82, 2.24) is 0 Å². The predicted octanol–water partition coefficient (Wildman–Crippen LogP) is 2.99. The van der Waals surface area contributed by atoms with Crippen LogP contribution in [0.3, 0.4) is 0 Å². The first-order chi connectivity index (χ1) is 12.0. The molecule has 1 N–H and O–H groups in total. The van der Waals surface area contributed by atoms with Gasteiger partial charge in [-0.05, 0) is 43.3 Å². The van der Waals surface area contributed by atoms with E-state index in [0.717, 1.165) is 13.3 Å². The summed E-state index contributed by atoms with van der Waals surface area (Å²) in [4.78, 5) is 11.5. The van der Waals surface area contributed by atoms with Gasteiger partial charge in [-0.3, -0.25) is 0 Å². The number of carbonyl (C=O) groups is 1. The Morgan fingerprint density at radius 2 is 1.72 bits per heavy atom. The van der Waals surface area contributed by atoms with Crippen LogP contribution in [0.4, 0.5) is 5.69 Å². The van der Waals surface area contributed by atoms with Gasteiger partial charge in [0.2, 0.25) is 9.84 Å². The Kier molecular flexibility index (Phi) is 6.19. The van der Waals surface area contributed by atoms with Crippen molar-refractivity contribution in [3.05, 3.63) is 65.7 Å². The second-order valence-electron chi connectivity index (χ2n) is 4.92. The molecule has 0 saturated heterocycles. The van der Waals surface area contributed by atoms with Crippen molar-refractivity contribution < 1.29 is 22.7 Å². The summed E-state index contributed by atoms with van der Waals surface area (Å²) in [6, 6.07) is 14.6. The van der Waals surface area contributed by atoms with Crippen LogP contribution in [-0.2, 0) is 19.4 Å². The van der Waals surface area contributed by atoms with E-state index in [1.807, 2.05) is 6.92 Å². The number of hydrogen-bond donors (Lipinski definition) is 1. The number of benzene rings is 2. The predicted molar refractivity (Wildman–Crippen MR) is 95.0 cm³/mol. The smallest absolute Gasteiger partial charge is 0.351 e. The first-order valence-electron chi connectivity index (χ1n) is 7.57. The number of anilines is 1. The van der Waals surface area contributed by atoms with Crippen LogP contribution in [0, 0.1) is 0 Å². The molecule has 0 unspecified atom stereocenters. The molecule has 0 spiro atoms. The van der Waals surface area contributed by atoms with Gasteiger partial charge >= 0.3 is 5.97 Å². The third-order valence-corrected chi connectivity index (χ3v) is 5.02. The van der Waals surface area contributed by atoms with Crippen molar-refractivity contribution in [1.29, 1.82) is 0 Å². The number of hydrogen-bond acceptors (Lipinski definition) is 6. The van der Waals surface area contributed by atoms with Crippen molar-refractivity contribution in [2.75, 3.05) is 19.0 Å². The van der Waals surface area contributed by atoms with Crippen LogP contribution in [0.15, 0.2) is 70.6 Å². The Morgan fingerprint density at radius 3 is 2.28 bits per heavy atom. The van der Waals surface area contributed by atoms with Crippen LogP contribution in [0.2, 0.25) is 0 Å². The molecule has 0 radical (unpaired) electrons. The maximum atomic E-state index is 12.7. The van der Waals surface area contributed by atoms with Crippen molar-refractivity contribution in [2.45, 2.75) is 11.8 Å². The SMILES string of the molecule is CCOc1ccc(N/C=C(\C(=O)OC)S(=O)(=O)c2ccccc2)cc1. The summed E-state index contributed by atoms with van der Waals surface area (Å²) in [6.07, 6.45) is 1.13. The molecule has 0 saturated carbocycles. The van der Waals surface area contributed by atoms with E-state index in [1.54, 1.807) is 42.5 Å². The van der Waals surface area contributed by atoms with E-state index < -0.39 is 20.7 Å². The highest BCUT2D eigenvalue weighted by molar-refractivity contribution is 7.96. The monoisotopic (exact) mass is 361 g/mol. The Hall–Kier alpha value is -2.80. The molecule has 0 amide bonds. The van der Waals surface area contributed by atoms with E-state index in [1.165, 1.54) is 12.1 Å². The fourth-order valence-corrected chi connectivity index (χ4v) is 3.32. The fourth-order valence-electron chi connectivity index (χ4n) is 2.04. The summed E-state index contributed by atoms with van der Waals surface area (Å²) >= 11 is 0. The molecule has 0 fully saturated rings. The molecule has 2 aromatic carbocycles. The third kappa shape index (κ3) is 4.60. The molecule has 0 heterocycles. The first-order valence-corrected chi connectivity index (χ1v) is 9.05. The van der Waals surface area contributed by atoms with E-state index in [0.29, 0.717) is 18.0 Å². The zero-order valence-electron chi connectivity index (χ0n) is 13.9. The lowest BCUT2D eigenvalue weighted by Gasteiger charge is -2.09. The molecule has 132 valence electrons. The van der Waals surface area contributed by atoms with E-state index in [-0.39, 0.29) is 4.90 Å². The third-order valence-electron chi connectivity index (χ3n) is 3.26. The lowest BCUT2D eigenvalue weighted by Crippen LogP contribution is -2.16. The summed E-state index contributed by atoms with van der Waals surface area (Å²) in [5, 5.41) is 2.81. The van der Waals surface area contributed by atoms with Gasteiger partial charge in [0.1, 0.15) is 5.75 Å². The number of esters is 1. The minimum absolute atomic E-state index is 0.0140. The van der Waals surface area contributed by atoms with Gasteiger partial charge in [0.25, 0.3) is 0 Å². The Bertz CT molecular complexity index is 843. The summed E-state index contributed by atoms with van der Waals surface area (Å²) in [6.45, 7) is 2.43. The van der Waals surface area contributed by atoms with Crippen molar-refractivity contribution in [3.8, 4) is 5.75 Å². The van der Waals surface area contributed by atoms with Crippen molar-refractivity contribution in [3.63, 3.8) is 0 Å². The van der Waals surface area contributed by atoms with Crippen molar-refractivity contribution >= 4 is 21.5 Å². The largest absolute Gasteiger partial charge is 0.494 e. The Balaban J connectivity index is 2.31. The highest BCUT2D eigenvalue weighted by Crippen LogP contribution is 2.21. The Labute approximate surface area is 147 Å². The maximum absolute atomic E-state index is 12.7. The molecule has 0 aliphatic carbocycles. The van der Waals surface area contributed by atoms with Gasteiger partial charge in [-0.25, -0.2) is 13.2 Å². The second kappa shape index (κ2) is 8.34. The first kappa shape index (κ1) is 18.5. The van der Waals surface area contributed by atoms with Crippen LogP contribution >= 0.6 is 0 Å². The van der Waals surface area contributed by atoms with Gasteiger partial charge < -0.3 is 14.8 Å². The van der Waals surface area contributed by atoms with E-state index >= 15 is 0 Å². The van der Waals surface area contributed by atoms with E-state index in [2.05, 4.69) is 10.1 Å². The molecule has 0 bridgehead atoms. The molecule has 6 nitrogen and oxygen atoms in total. The molecule has 2 aromatic rings.